The van der Waals surface area contributed by atoms with Crippen LogP contribution in [0.1, 0.15) is 28.9 Å². The number of benzene rings is 1. The van der Waals surface area contributed by atoms with Crippen molar-refractivity contribution < 1.29 is 28.3 Å². The number of carbonyl (C=O) groups excluding carboxylic acids is 2. The van der Waals surface area contributed by atoms with Crippen molar-refractivity contribution in [2.24, 2.45) is 0 Å². The molecule has 0 saturated carbocycles. The van der Waals surface area contributed by atoms with Gasteiger partial charge in [0, 0.05) is 5.56 Å². The Kier molecular flexibility index (Phi) is 4.72. The number of aryl methyl sites for hydroxylation is 1. The van der Waals surface area contributed by atoms with Crippen molar-refractivity contribution in [3.8, 4) is 5.75 Å². The van der Waals surface area contributed by atoms with Gasteiger partial charge in [0.25, 0.3) is 11.7 Å². The van der Waals surface area contributed by atoms with E-state index in [4.69, 9.17) is 13.6 Å². The lowest BCUT2D eigenvalue weighted by Gasteiger charge is -2.22. The van der Waals surface area contributed by atoms with Crippen molar-refractivity contribution in [3.63, 3.8) is 0 Å². The lowest BCUT2D eigenvalue weighted by atomic mass is 9.99. The Morgan fingerprint density at radius 2 is 1.90 bits per heavy atom. The summed E-state index contributed by atoms with van der Waals surface area (Å²) in [5.41, 5.74) is 0.371. The summed E-state index contributed by atoms with van der Waals surface area (Å²) >= 11 is 0. The van der Waals surface area contributed by atoms with Crippen LogP contribution >= 0.6 is 0 Å². The molecule has 1 saturated heterocycles. The smallest absolute Gasteiger partial charge is 0.296 e. The molecule has 2 aromatic heterocycles. The maximum absolute atomic E-state index is 12.9. The molecule has 0 bridgehead atoms. The van der Waals surface area contributed by atoms with E-state index in [2.05, 4.69) is 0 Å². The van der Waals surface area contributed by atoms with Gasteiger partial charge in [-0.3, -0.25) is 9.59 Å². The first-order valence-corrected chi connectivity index (χ1v) is 9.01. The highest BCUT2D eigenvalue weighted by atomic mass is 16.5. The fraction of sp³-hybridized carbons (Fsp3) is 0.182. The van der Waals surface area contributed by atoms with Gasteiger partial charge in [-0.1, -0.05) is 0 Å². The van der Waals surface area contributed by atoms with E-state index in [1.165, 1.54) is 18.3 Å². The van der Waals surface area contributed by atoms with Crippen molar-refractivity contribution in [1.29, 1.82) is 0 Å². The number of aliphatic hydroxyl groups is 1. The van der Waals surface area contributed by atoms with Crippen LogP contribution in [-0.4, -0.2) is 28.8 Å². The predicted octanol–water partition coefficient (Wildman–Crippen LogP) is 3.81. The molecule has 3 heterocycles. The molecule has 1 N–H and O–H groups in total. The number of hydrogen-bond acceptors (Lipinski definition) is 6. The van der Waals surface area contributed by atoms with Crippen LogP contribution < -0.4 is 4.74 Å². The average Bonchev–Trinajstić information content (AvgIpc) is 3.45. The molecule has 1 amide bonds. The molecule has 0 radical (unpaired) electrons. The van der Waals surface area contributed by atoms with Crippen molar-refractivity contribution in [3.05, 3.63) is 83.2 Å². The Balaban J connectivity index is 1.83. The second-order valence-electron chi connectivity index (χ2n) is 6.68. The Morgan fingerprint density at radius 3 is 2.48 bits per heavy atom. The van der Waals surface area contributed by atoms with Crippen LogP contribution in [0.4, 0.5) is 0 Å². The van der Waals surface area contributed by atoms with E-state index < -0.39 is 17.7 Å². The Morgan fingerprint density at radius 1 is 1.14 bits per heavy atom. The molecule has 3 aromatic rings. The summed E-state index contributed by atoms with van der Waals surface area (Å²) in [6.07, 6.45) is 1.50. The summed E-state index contributed by atoms with van der Waals surface area (Å²) in [6.45, 7) is 1.84. The number of methoxy groups -OCH3 is 1. The lowest BCUT2D eigenvalue weighted by molar-refractivity contribution is -0.140. The monoisotopic (exact) mass is 393 g/mol. The zero-order chi connectivity index (χ0) is 20.5. The SMILES string of the molecule is COc1ccc(/C(O)=C2\C(=O)C(=O)N(Cc3ccco3)C2c2ccc(C)o2)cc1. The van der Waals surface area contributed by atoms with Crippen LogP contribution in [-0.2, 0) is 16.1 Å². The maximum atomic E-state index is 12.9. The first kappa shape index (κ1) is 18.6. The number of Topliss-reactive ketones (excluding diaryl/α,β-unsaturated/α-hetero) is 1. The zero-order valence-corrected chi connectivity index (χ0v) is 15.9. The van der Waals surface area contributed by atoms with Crippen LogP contribution in [0.15, 0.2) is 69.2 Å². The second-order valence-corrected chi connectivity index (χ2v) is 6.68. The molecule has 1 aromatic carbocycles. The third-order valence-electron chi connectivity index (χ3n) is 4.84. The summed E-state index contributed by atoms with van der Waals surface area (Å²) in [4.78, 5) is 27.0. The fourth-order valence-electron chi connectivity index (χ4n) is 3.41. The number of amides is 1. The first-order chi connectivity index (χ1) is 14.0. The van der Waals surface area contributed by atoms with Gasteiger partial charge in [0.2, 0.25) is 0 Å². The number of hydrogen-bond donors (Lipinski definition) is 1. The molecule has 7 nitrogen and oxygen atoms in total. The molecule has 7 heteroatoms. The number of ketones is 1. The molecule has 0 aliphatic carbocycles. The number of ether oxygens (including phenoxy) is 1. The molecule has 1 atom stereocenters. The molecular formula is C22H19NO6. The van der Waals surface area contributed by atoms with Gasteiger partial charge in [-0.15, -0.1) is 0 Å². The van der Waals surface area contributed by atoms with Gasteiger partial charge in [-0.05, 0) is 55.5 Å². The van der Waals surface area contributed by atoms with Gasteiger partial charge >= 0.3 is 0 Å². The summed E-state index contributed by atoms with van der Waals surface area (Å²) < 4.78 is 16.2. The normalized spacial score (nSPS) is 18.4. The van der Waals surface area contributed by atoms with E-state index in [0.717, 1.165) is 0 Å². The molecule has 0 spiro atoms. The molecule has 1 aliphatic heterocycles. The van der Waals surface area contributed by atoms with Crippen molar-refractivity contribution in [2.45, 2.75) is 19.5 Å². The predicted molar refractivity (Wildman–Crippen MR) is 103 cm³/mol. The van der Waals surface area contributed by atoms with E-state index in [1.807, 2.05) is 0 Å². The fourth-order valence-corrected chi connectivity index (χ4v) is 3.41. The third-order valence-corrected chi connectivity index (χ3v) is 4.84. The van der Waals surface area contributed by atoms with Gasteiger partial charge in [-0.2, -0.15) is 0 Å². The van der Waals surface area contributed by atoms with Gasteiger partial charge < -0.3 is 23.6 Å². The van der Waals surface area contributed by atoms with Gasteiger partial charge in [-0.25, -0.2) is 0 Å². The Hall–Kier alpha value is -3.74. The van der Waals surface area contributed by atoms with Gasteiger partial charge in [0.15, 0.2) is 0 Å². The van der Waals surface area contributed by atoms with E-state index in [-0.39, 0.29) is 17.9 Å². The largest absolute Gasteiger partial charge is 0.507 e. The summed E-state index contributed by atoms with van der Waals surface area (Å²) in [6, 6.07) is 12.6. The lowest BCUT2D eigenvalue weighted by Crippen LogP contribution is -2.28. The molecular weight excluding hydrogens is 374 g/mol. The van der Waals surface area contributed by atoms with Crippen LogP contribution in [0.3, 0.4) is 0 Å². The Bertz CT molecular complexity index is 1070. The van der Waals surface area contributed by atoms with Gasteiger partial charge in [0.05, 0.1) is 25.5 Å². The van der Waals surface area contributed by atoms with Gasteiger partial charge in [0.1, 0.15) is 34.8 Å². The van der Waals surface area contributed by atoms with Crippen molar-refractivity contribution in [2.75, 3.05) is 7.11 Å². The number of carbonyl (C=O) groups is 2. The van der Waals surface area contributed by atoms with E-state index >= 15 is 0 Å². The summed E-state index contributed by atoms with van der Waals surface area (Å²) in [5.74, 6) is 0.380. The highest BCUT2D eigenvalue weighted by molar-refractivity contribution is 6.46. The number of aliphatic hydroxyl groups excluding tert-OH is 1. The molecule has 1 aliphatic rings. The van der Waals surface area contributed by atoms with Crippen LogP contribution in [0.25, 0.3) is 5.76 Å². The van der Waals surface area contributed by atoms with Crippen LogP contribution in [0.5, 0.6) is 5.75 Å². The molecule has 29 heavy (non-hydrogen) atoms. The standard InChI is InChI=1S/C22H19NO6/c1-13-5-10-17(29-13)19-18(20(24)14-6-8-15(27-2)9-7-14)21(25)22(26)23(19)12-16-4-3-11-28-16/h3-11,19,24H,12H2,1-2H3/b20-18+. The summed E-state index contributed by atoms with van der Waals surface area (Å²) in [5, 5.41) is 10.9. The topological polar surface area (TPSA) is 93.1 Å². The Labute approximate surface area is 166 Å². The molecule has 1 fully saturated rings. The zero-order valence-electron chi connectivity index (χ0n) is 15.9. The average molecular weight is 393 g/mol. The van der Waals surface area contributed by atoms with Crippen LogP contribution in [0.2, 0.25) is 0 Å². The molecule has 4 rings (SSSR count). The highest BCUT2D eigenvalue weighted by Crippen LogP contribution is 2.41. The minimum Gasteiger partial charge on any atom is -0.507 e. The second kappa shape index (κ2) is 7.35. The van der Waals surface area contributed by atoms with E-state index in [9.17, 15) is 14.7 Å². The van der Waals surface area contributed by atoms with Crippen LogP contribution in [0, 0.1) is 6.92 Å². The van der Waals surface area contributed by atoms with E-state index in [0.29, 0.717) is 28.6 Å². The number of likely N-dealkylation sites (tertiary alicyclic amines) is 1. The molecule has 1 unspecified atom stereocenters. The minimum atomic E-state index is -0.865. The first-order valence-electron chi connectivity index (χ1n) is 9.01. The number of rotatable bonds is 5. The van der Waals surface area contributed by atoms with E-state index in [1.54, 1.807) is 55.5 Å². The summed E-state index contributed by atoms with van der Waals surface area (Å²) in [7, 11) is 1.54. The van der Waals surface area contributed by atoms with Crippen molar-refractivity contribution >= 4 is 17.4 Å². The molecule has 148 valence electrons. The van der Waals surface area contributed by atoms with Crippen molar-refractivity contribution in [1.82, 2.24) is 4.90 Å². The number of furan rings is 2. The quantitative estimate of drug-likeness (QED) is 0.402. The third kappa shape index (κ3) is 3.31. The number of nitrogens with zero attached hydrogens (tertiary/aromatic N) is 1. The highest BCUT2D eigenvalue weighted by Gasteiger charge is 2.47. The minimum absolute atomic E-state index is 0.0268. The maximum Gasteiger partial charge on any atom is 0.296 e.